The van der Waals surface area contributed by atoms with Crippen LogP contribution in [0.2, 0.25) is 0 Å². The van der Waals surface area contributed by atoms with Crippen molar-refractivity contribution in [2.75, 3.05) is 0 Å². The quantitative estimate of drug-likeness (QED) is 0.536. The number of hydrogen-bond acceptors (Lipinski definition) is 0. The van der Waals surface area contributed by atoms with E-state index in [1.165, 1.54) is 25.7 Å². The van der Waals surface area contributed by atoms with E-state index in [1.807, 2.05) is 0 Å². The van der Waals surface area contributed by atoms with Gasteiger partial charge in [-0.1, -0.05) is 66.0 Å². The first kappa shape index (κ1) is 12.8. The molecule has 15 heavy (non-hydrogen) atoms. The Morgan fingerprint density at radius 2 is 1.87 bits per heavy atom. The van der Waals surface area contributed by atoms with Crippen molar-refractivity contribution in [1.82, 2.24) is 0 Å². The predicted octanol–water partition coefficient (Wildman–Crippen LogP) is 5.05. The van der Waals surface area contributed by atoms with Crippen LogP contribution in [-0.4, -0.2) is 0 Å². The molecule has 1 aliphatic rings. The molecule has 0 aromatic heterocycles. The average Bonchev–Trinajstić information content (AvgIpc) is 2.97. The van der Waals surface area contributed by atoms with Crippen LogP contribution in [0.1, 0.15) is 60.3 Å². The Bertz CT molecular complexity index is 210. The van der Waals surface area contributed by atoms with E-state index in [0.29, 0.717) is 5.41 Å². The van der Waals surface area contributed by atoms with Crippen molar-refractivity contribution in [3.63, 3.8) is 0 Å². The molecular weight excluding hydrogens is 180 g/mol. The van der Waals surface area contributed by atoms with Crippen LogP contribution in [0.15, 0.2) is 12.2 Å². The zero-order valence-corrected chi connectivity index (χ0v) is 11.2. The van der Waals surface area contributed by atoms with Gasteiger partial charge in [-0.2, -0.15) is 0 Å². The maximum absolute atomic E-state index is 2.50. The van der Waals surface area contributed by atoms with E-state index in [4.69, 9.17) is 0 Å². The van der Waals surface area contributed by atoms with E-state index in [1.54, 1.807) is 0 Å². The van der Waals surface area contributed by atoms with Crippen LogP contribution in [-0.2, 0) is 0 Å². The van der Waals surface area contributed by atoms with Gasteiger partial charge >= 0.3 is 0 Å². The van der Waals surface area contributed by atoms with E-state index in [0.717, 1.165) is 17.8 Å². The molecule has 1 aliphatic carbocycles. The third kappa shape index (κ3) is 4.01. The van der Waals surface area contributed by atoms with Crippen molar-refractivity contribution in [1.29, 1.82) is 0 Å². The standard InChI is InChI=1S/C15H28/c1-6-13(4)9-10-15(5,12(2)3)11-14-7-8-14/h9-10,12-14H,6-8,11H2,1-5H3. The zero-order chi connectivity index (χ0) is 11.5. The molecule has 1 fully saturated rings. The third-order valence-corrected chi connectivity index (χ3v) is 4.19. The summed E-state index contributed by atoms with van der Waals surface area (Å²) in [6.07, 6.45) is 10.5. The molecule has 2 unspecified atom stereocenters. The SMILES string of the molecule is CCC(C)C=CC(C)(CC1CC1)C(C)C. The van der Waals surface area contributed by atoms with Gasteiger partial charge in [0.25, 0.3) is 0 Å². The molecule has 2 atom stereocenters. The molecule has 0 radical (unpaired) electrons. The monoisotopic (exact) mass is 208 g/mol. The van der Waals surface area contributed by atoms with Crippen molar-refractivity contribution in [2.45, 2.75) is 60.3 Å². The minimum atomic E-state index is 0.435. The largest absolute Gasteiger partial charge is 0.0851 e. The Balaban J connectivity index is 2.58. The van der Waals surface area contributed by atoms with Gasteiger partial charge in [0.2, 0.25) is 0 Å². The van der Waals surface area contributed by atoms with Crippen molar-refractivity contribution >= 4 is 0 Å². The van der Waals surface area contributed by atoms with Gasteiger partial charge in [0.05, 0.1) is 0 Å². The lowest BCUT2D eigenvalue weighted by atomic mass is 9.74. The lowest BCUT2D eigenvalue weighted by Crippen LogP contribution is -2.21. The van der Waals surface area contributed by atoms with E-state index < -0.39 is 0 Å². The normalized spacial score (nSPS) is 23.3. The minimum absolute atomic E-state index is 0.435. The molecule has 0 aromatic rings. The van der Waals surface area contributed by atoms with Crippen LogP contribution in [0.25, 0.3) is 0 Å². The summed E-state index contributed by atoms with van der Waals surface area (Å²) in [5.41, 5.74) is 0.435. The lowest BCUT2D eigenvalue weighted by Gasteiger charge is -2.31. The Morgan fingerprint density at radius 3 is 2.27 bits per heavy atom. The molecule has 0 bridgehead atoms. The molecule has 1 rings (SSSR count). The molecule has 0 amide bonds. The third-order valence-electron chi connectivity index (χ3n) is 4.19. The van der Waals surface area contributed by atoms with E-state index in [9.17, 15) is 0 Å². The highest BCUT2D eigenvalue weighted by molar-refractivity contribution is 5.02. The van der Waals surface area contributed by atoms with Crippen LogP contribution in [0.3, 0.4) is 0 Å². The lowest BCUT2D eigenvalue weighted by molar-refractivity contribution is 0.259. The van der Waals surface area contributed by atoms with E-state index >= 15 is 0 Å². The molecule has 0 N–H and O–H groups in total. The van der Waals surface area contributed by atoms with Gasteiger partial charge in [0.1, 0.15) is 0 Å². The molecule has 0 saturated heterocycles. The summed E-state index contributed by atoms with van der Waals surface area (Å²) in [6.45, 7) is 11.7. The smallest absolute Gasteiger partial charge is 0.0121 e. The average molecular weight is 208 g/mol. The maximum Gasteiger partial charge on any atom is -0.0121 e. The van der Waals surface area contributed by atoms with Crippen molar-refractivity contribution in [2.24, 2.45) is 23.2 Å². The summed E-state index contributed by atoms with van der Waals surface area (Å²) in [6, 6.07) is 0. The van der Waals surface area contributed by atoms with Crippen LogP contribution in [0, 0.1) is 23.2 Å². The highest BCUT2D eigenvalue weighted by Gasteiger charge is 2.33. The molecule has 0 aromatic carbocycles. The summed E-state index contributed by atoms with van der Waals surface area (Å²) in [5.74, 6) is 2.53. The second-order valence-corrected chi connectivity index (χ2v) is 6.05. The number of rotatable bonds is 6. The second kappa shape index (κ2) is 5.18. The highest BCUT2D eigenvalue weighted by atomic mass is 14.4. The van der Waals surface area contributed by atoms with Gasteiger partial charge in [0.15, 0.2) is 0 Å². The Morgan fingerprint density at radius 1 is 1.27 bits per heavy atom. The molecule has 88 valence electrons. The zero-order valence-electron chi connectivity index (χ0n) is 11.2. The topological polar surface area (TPSA) is 0 Å². The van der Waals surface area contributed by atoms with Crippen LogP contribution in [0.4, 0.5) is 0 Å². The maximum atomic E-state index is 2.50. The highest BCUT2D eigenvalue weighted by Crippen LogP contribution is 2.44. The van der Waals surface area contributed by atoms with Crippen molar-refractivity contribution < 1.29 is 0 Å². The Labute approximate surface area is 96.2 Å². The second-order valence-electron chi connectivity index (χ2n) is 6.05. The van der Waals surface area contributed by atoms with Crippen molar-refractivity contribution in [3.05, 3.63) is 12.2 Å². The molecular formula is C15H28. The van der Waals surface area contributed by atoms with Gasteiger partial charge in [-0.15, -0.1) is 0 Å². The first-order valence-electron chi connectivity index (χ1n) is 6.67. The van der Waals surface area contributed by atoms with Gasteiger partial charge in [-0.05, 0) is 29.6 Å². The first-order chi connectivity index (χ1) is 6.98. The van der Waals surface area contributed by atoms with E-state index in [-0.39, 0.29) is 0 Å². The summed E-state index contributed by atoms with van der Waals surface area (Å²) >= 11 is 0. The number of allylic oxidation sites excluding steroid dienone is 2. The van der Waals surface area contributed by atoms with Crippen LogP contribution >= 0.6 is 0 Å². The summed E-state index contributed by atoms with van der Waals surface area (Å²) in [5, 5.41) is 0. The van der Waals surface area contributed by atoms with Gasteiger partial charge in [-0.3, -0.25) is 0 Å². The fourth-order valence-electron chi connectivity index (χ4n) is 1.96. The van der Waals surface area contributed by atoms with Crippen LogP contribution in [0.5, 0.6) is 0 Å². The first-order valence-corrected chi connectivity index (χ1v) is 6.67. The number of hydrogen-bond donors (Lipinski definition) is 0. The Hall–Kier alpha value is -0.260. The summed E-state index contributed by atoms with van der Waals surface area (Å²) in [7, 11) is 0. The molecule has 1 saturated carbocycles. The minimum Gasteiger partial charge on any atom is -0.0851 e. The van der Waals surface area contributed by atoms with Gasteiger partial charge in [-0.25, -0.2) is 0 Å². The van der Waals surface area contributed by atoms with E-state index in [2.05, 4.69) is 46.8 Å². The Kier molecular flexibility index (Phi) is 4.43. The molecule has 0 heteroatoms. The molecule has 0 heterocycles. The fourth-order valence-corrected chi connectivity index (χ4v) is 1.96. The molecule has 0 aliphatic heterocycles. The van der Waals surface area contributed by atoms with Gasteiger partial charge < -0.3 is 0 Å². The van der Waals surface area contributed by atoms with Crippen molar-refractivity contribution in [3.8, 4) is 0 Å². The predicted molar refractivity (Wildman–Crippen MR) is 68.9 cm³/mol. The fraction of sp³-hybridized carbons (Fsp3) is 0.867. The summed E-state index contributed by atoms with van der Waals surface area (Å²) in [4.78, 5) is 0. The van der Waals surface area contributed by atoms with Gasteiger partial charge in [0, 0.05) is 0 Å². The molecule has 0 spiro atoms. The summed E-state index contributed by atoms with van der Waals surface area (Å²) < 4.78 is 0. The van der Waals surface area contributed by atoms with Crippen LogP contribution < -0.4 is 0 Å². The molecule has 0 nitrogen and oxygen atoms in total.